The van der Waals surface area contributed by atoms with Gasteiger partial charge in [0.25, 0.3) is 5.91 Å². The first-order chi connectivity index (χ1) is 7.84. The van der Waals surface area contributed by atoms with E-state index in [4.69, 9.17) is 27.9 Å². The van der Waals surface area contributed by atoms with Gasteiger partial charge in [0.05, 0.1) is 0 Å². The topological polar surface area (TPSA) is 64.4 Å². The molecule has 0 spiro atoms. The Balaban J connectivity index is 3.08. The summed E-state index contributed by atoms with van der Waals surface area (Å²) >= 11 is 11.6. The van der Waals surface area contributed by atoms with Crippen LogP contribution in [-0.2, 0) is 16.3 Å². The van der Waals surface area contributed by atoms with Crippen molar-refractivity contribution in [1.29, 1.82) is 0 Å². The third-order valence-corrected chi connectivity index (χ3v) is 2.60. The van der Waals surface area contributed by atoms with E-state index in [2.05, 4.69) is 4.98 Å². The molecule has 0 atom stereocenters. The lowest BCUT2D eigenvalue weighted by Gasteiger charge is -2.12. The molecule has 0 N–H and O–H groups in total. The predicted molar refractivity (Wildman–Crippen MR) is 62.0 cm³/mol. The van der Waals surface area contributed by atoms with Crippen LogP contribution in [0.1, 0.15) is 17.5 Å². The van der Waals surface area contributed by atoms with Gasteiger partial charge in [-0.05, 0) is 0 Å². The van der Waals surface area contributed by atoms with Crippen LogP contribution in [0.4, 0.5) is 0 Å². The molecule has 0 unspecified atom stereocenters. The second kappa shape index (κ2) is 5.37. The van der Waals surface area contributed by atoms with Crippen molar-refractivity contribution in [2.75, 3.05) is 14.1 Å². The molecule has 0 aromatic carbocycles. The number of carbonyl (C=O) groups is 2. The maximum Gasteiger partial charge on any atom is 0.304 e. The first kappa shape index (κ1) is 13.8. The van der Waals surface area contributed by atoms with Crippen LogP contribution >= 0.6 is 23.2 Å². The minimum atomic E-state index is -0.492. The zero-order chi connectivity index (χ0) is 13.2. The number of hydrogen-bond donors (Lipinski definition) is 0. The van der Waals surface area contributed by atoms with Gasteiger partial charge in [0, 0.05) is 21.0 Å². The SMILES string of the molecule is CC(=O)OCn1c(C(=O)N(C)C)nc(Cl)c1Cl. The fourth-order valence-corrected chi connectivity index (χ4v) is 1.39. The Labute approximate surface area is 108 Å². The Hall–Kier alpha value is -1.27. The normalized spacial score (nSPS) is 10.2. The highest BCUT2D eigenvalue weighted by Gasteiger charge is 2.21. The lowest BCUT2D eigenvalue weighted by Crippen LogP contribution is -2.26. The average molecular weight is 280 g/mol. The van der Waals surface area contributed by atoms with Crippen LogP contribution in [0.5, 0.6) is 0 Å². The minimum absolute atomic E-state index is 0.0102. The van der Waals surface area contributed by atoms with E-state index in [0.29, 0.717) is 0 Å². The van der Waals surface area contributed by atoms with Crippen LogP contribution in [0.2, 0.25) is 10.3 Å². The second-order valence-corrected chi connectivity index (χ2v) is 4.13. The number of halogens is 2. The molecule has 8 heteroatoms. The molecule has 0 radical (unpaired) electrons. The van der Waals surface area contributed by atoms with Gasteiger partial charge in [0.2, 0.25) is 5.82 Å². The molecule has 1 aromatic rings. The maximum atomic E-state index is 11.8. The Bertz CT molecular complexity index is 457. The molecule has 0 aliphatic rings. The van der Waals surface area contributed by atoms with Crippen LogP contribution < -0.4 is 0 Å². The number of hydrogen-bond acceptors (Lipinski definition) is 4. The van der Waals surface area contributed by atoms with E-state index in [9.17, 15) is 9.59 Å². The molecular formula is C9H11Cl2N3O3. The van der Waals surface area contributed by atoms with Gasteiger partial charge in [-0.25, -0.2) is 4.98 Å². The number of nitrogens with zero attached hydrogens (tertiary/aromatic N) is 3. The standard InChI is InChI=1S/C9H11Cl2N3O3/c1-5(15)17-4-14-7(11)6(10)12-8(14)9(16)13(2)3/h4H2,1-3H3. The van der Waals surface area contributed by atoms with Crippen molar-refractivity contribution in [3.63, 3.8) is 0 Å². The summed E-state index contributed by atoms with van der Waals surface area (Å²) in [6.07, 6.45) is 0. The molecule has 0 aliphatic heterocycles. The molecule has 0 fully saturated rings. The first-order valence-electron chi connectivity index (χ1n) is 4.61. The molecule has 0 aliphatic carbocycles. The van der Waals surface area contributed by atoms with E-state index < -0.39 is 5.97 Å². The largest absolute Gasteiger partial charge is 0.444 e. The number of carbonyl (C=O) groups excluding carboxylic acids is 2. The van der Waals surface area contributed by atoms with Gasteiger partial charge in [-0.15, -0.1) is 0 Å². The van der Waals surface area contributed by atoms with Crippen LogP contribution in [0.3, 0.4) is 0 Å². The monoisotopic (exact) mass is 279 g/mol. The quantitative estimate of drug-likeness (QED) is 0.785. The van der Waals surface area contributed by atoms with Crippen LogP contribution in [0.25, 0.3) is 0 Å². The van der Waals surface area contributed by atoms with Crippen molar-refractivity contribution >= 4 is 35.1 Å². The van der Waals surface area contributed by atoms with Crippen molar-refractivity contribution in [2.24, 2.45) is 0 Å². The lowest BCUT2D eigenvalue weighted by atomic mass is 10.5. The molecule has 94 valence electrons. The van der Waals surface area contributed by atoms with Crippen molar-refractivity contribution in [1.82, 2.24) is 14.5 Å². The highest BCUT2D eigenvalue weighted by atomic mass is 35.5. The number of aromatic nitrogens is 2. The zero-order valence-electron chi connectivity index (χ0n) is 9.53. The van der Waals surface area contributed by atoms with Crippen molar-refractivity contribution in [2.45, 2.75) is 13.7 Å². The van der Waals surface area contributed by atoms with E-state index in [0.717, 1.165) is 0 Å². The van der Waals surface area contributed by atoms with Crippen LogP contribution in [-0.4, -0.2) is 40.4 Å². The molecule has 17 heavy (non-hydrogen) atoms. The Kier molecular flexibility index (Phi) is 4.36. The van der Waals surface area contributed by atoms with Crippen molar-refractivity contribution < 1.29 is 14.3 Å². The molecule has 1 amide bonds. The third kappa shape index (κ3) is 3.10. The van der Waals surface area contributed by atoms with Crippen LogP contribution in [0, 0.1) is 0 Å². The number of ether oxygens (including phenoxy) is 1. The van der Waals surface area contributed by atoms with E-state index >= 15 is 0 Å². The summed E-state index contributed by atoms with van der Waals surface area (Å²) in [6, 6.07) is 0. The third-order valence-electron chi connectivity index (χ3n) is 1.86. The van der Waals surface area contributed by atoms with Gasteiger partial charge in [0.15, 0.2) is 17.0 Å². The minimum Gasteiger partial charge on any atom is -0.444 e. The summed E-state index contributed by atoms with van der Waals surface area (Å²) in [5.74, 6) is -0.855. The molecule has 1 aromatic heterocycles. The average Bonchev–Trinajstić information content (AvgIpc) is 2.51. The van der Waals surface area contributed by atoms with Crippen molar-refractivity contribution in [3.8, 4) is 0 Å². The molecule has 0 bridgehead atoms. The molecule has 1 rings (SSSR count). The number of amides is 1. The van der Waals surface area contributed by atoms with Gasteiger partial charge < -0.3 is 9.64 Å². The Morgan fingerprint density at radius 3 is 2.47 bits per heavy atom. The summed E-state index contributed by atoms with van der Waals surface area (Å²) in [5, 5.41) is 0.0436. The van der Waals surface area contributed by atoms with E-state index in [-0.39, 0.29) is 28.8 Å². The Morgan fingerprint density at radius 2 is 2.00 bits per heavy atom. The van der Waals surface area contributed by atoms with E-state index in [1.807, 2.05) is 0 Å². The first-order valence-corrected chi connectivity index (χ1v) is 5.36. The number of imidazole rings is 1. The lowest BCUT2D eigenvalue weighted by molar-refractivity contribution is -0.144. The predicted octanol–water partition coefficient (Wildman–Crippen LogP) is 1.41. The van der Waals surface area contributed by atoms with Gasteiger partial charge in [-0.1, -0.05) is 23.2 Å². The summed E-state index contributed by atoms with van der Waals surface area (Å²) in [6.45, 7) is 1.04. The number of esters is 1. The van der Waals surface area contributed by atoms with E-state index in [1.165, 1.54) is 16.4 Å². The highest BCUT2D eigenvalue weighted by molar-refractivity contribution is 6.40. The highest BCUT2D eigenvalue weighted by Crippen LogP contribution is 2.23. The van der Waals surface area contributed by atoms with Gasteiger partial charge >= 0.3 is 5.97 Å². The summed E-state index contributed by atoms with van der Waals surface area (Å²) in [5.41, 5.74) is 0. The molecule has 1 heterocycles. The second-order valence-electron chi connectivity index (χ2n) is 3.41. The molecule has 0 saturated carbocycles. The van der Waals surface area contributed by atoms with E-state index in [1.54, 1.807) is 14.1 Å². The van der Waals surface area contributed by atoms with Crippen molar-refractivity contribution in [3.05, 3.63) is 16.1 Å². The zero-order valence-corrected chi connectivity index (χ0v) is 11.0. The smallest absolute Gasteiger partial charge is 0.304 e. The van der Waals surface area contributed by atoms with Crippen LogP contribution in [0.15, 0.2) is 0 Å². The summed E-state index contributed by atoms with van der Waals surface area (Å²) in [4.78, 5) is 27.6. The Morgan fingerprint density at radius 1 is 1.41 bits per heavy atom. The molecular weight excluding hydrogens is 269 g/mol. The van der Waals surface area contributed by atoms with Gasteiger partial charge in [-0.3, -0.25) is 14.2 Å². The molecule has 6 nitrogen and oxygen atoms in total. The molecule has 0 saturated heterocycles. The van der Waals surface area contributed by atoms with Gasteiger partial charge in [-0.2, -0.15) is 0 Å². The maximum absolute atomic E-state index is 11.8. The number of rotatable bonds is 3. The fraction of sp³-hybridized carbons (Fsp3) is 0.444. The summed E-state index contributed by atoms with van der Waals surface area (Å²) in [7, 11) is 3.13. The van der Waals surface area contributed by atoms with Gasteiger partial charge in [0.1, 0.15) is 0 Å². The fourth-order valence-electron chi connectivity index (χ4n) is 1.04. The summed E-state index contributed by atoms with van der Waals surface area (Å²) < 4.78 is 5.99.